The molecule has 0 aromatic heterocycles. The molecule has 20 heavy (non-hydrogen) atoms. The van der Waals surface area contributed by atoms with Crippen molar-refractivity contribution < 1.29 is 9.84 Å². The summed E-state index contributed by atoms with van der Waals surface area (Å²) in [5, 5.41) is 10.9. The van der Waals surface area contributed by atoms with Crippen LogP contribution in [0.1, 0.15) is 55.8 Å². The lowest BCUT2D eigenvalue weighted by Gasteiger charge is -2.36. The minimum absolute atomic E-state index is 0.283. The number of fused-ring (bicyclic) bond motifs is 1. The number of benzene rings is 1. The maximum atomic E-state index is 10.9. The lowest BCUT2D eigenvalue weighted by molar-refractivity contribution is 0.000818. The second kappa shape index (κ2) is 6.28. The molecule has 0 radical (unpaired) electrons. The highest BCUT2D eigenvalue weighted by atomic mass is 16.5. The molecule has 0 saturated heterocycles. The summed E-state index contributed by atoms with van der Waals surface area (Å²) >= 11 is 0. The van der Waals surface area contributed by atoms with Gasteiger partial charge in [0.15, 0.2) is 0 Å². The Morgan fingerprint density at radius 1 is 1.10 bits per heavy atom. The van der Waals surface area contributed by atoms with Crippen molar-refractivity contribution in [3.8, 4) is 0 Å². The second-order valence-corrected chi connectivity index (χ2v) is 6.48. The summed E-state index contributed by atoms with van der Waals surface area (Å²) in [7, 11) is 1.83. The minimum Gasteiger partial charge on any atom is -0.388 e. The Morgan fingerprint density at radius 3 is 2.80 bits per heavy atom. The van der Waals surface area contributed by atoms with E-state index in [1.165, 1.54) is 36.8 Å². The Morgan fingerprint density at radius 2 is 1.95 bits per heavy atom. The van der Waals surface area contributed by atoms with Crippen LogP contribution in [-0.2, 0) is 11.2 Å². The van der Waals surface area contributed by atoms with Crippen LogP contribution in [0, 0.1) is 11.8 Å². The fourth-order valence-electron chi connectivity index (χ4n) is 4.24. The molecule has 4 unspecified atom stereocenters. The molecule has 0 amide bonds. The number of aliphatic hydroxyl groups excluding tert-OH is 1. The molecule has 2 heteroatoms. The molecule has 0 aliphatic heterocycles. The van der Waals surface area contributed by atoms with E-state index in [1.807, 2.05) is 7.11 Å². The molecular weight excluding hydrogens is 248 g/mol. The van der Waals surface area contributed by atoms with Crippen LogP contribution in [0.5, 0.6) is 0 Å². The van der Waals surface area contributed by atoms with E-state index in [0.29, 0.717) is 17.9 Å². The number of aliphatic hydroxyl groups is 1. The number of hydrogen-bond donors (Lipinski definition) is 1. The summed E-state index contributed by atoms with van der Waals surface area (Å²) < 4.78 is 5.57. The molecule has 4 atom stereocenters. The van der Waals surface area contributed by atoms with E-state index < -0.39 is 0 Å². The van der Waals surface area contributed by atoms with Crippen molar-refractivity contribution in [2.75, 3.05) is 7.11 Å². The molecule has 1 aromatic rings. The van der Waals surface area contributed by atoms with E-state index in [0.717, 1.165) is 19.3 Å². The topological polar surface area (TPSA) is 29.5 Å². The van der Waals surface area contributed by atoms with Gasteiger partial charge in [0.25, 0.3) is 0 Å². The van der Waals surface area contributed by atoms with Crippen LogP contribution in [0.15, 0.2) is 24.3 Å². The van der Waals surface area contributed by atoms with Gasteiger partial charge in [-0.05, 0) is 61.5 Å². The number of rotatable bonds is 2. The van der Waals surface area contributed by atoms with Crippen LogP contribution in [0.2, 0.25) is 0 Å². The van der Waals surface area contributed by atoms with Crippen LogP contribution in [0.4, 0.5) is 0 Å². The summed E-state index contributed by atoms with van der Waals surface area (Å²) in [4.78, 5) is 0. The molecule has 3 rings (SSSR count). The monoisotopic (exact) mass is 274 g/mol. The Hall–Kier alpha value is -0.860. The normalized spacial score (nSPS) is 34.3. The standard InChI is InChI=1S/C18H26O2/c1-20-15-9-4-8-14(12-15)17-11-5-7-13-6-2-3-10-16(13)18(17)19/h2-3,6,10,14-15,17-19H,4-5,7-9,11-12H2,1H3. The summed E-state index contributed by atoms with van der Waals surface area (Å²) in [6.45, 7) is 0. The number of hydrogen-bond acceptors (Lipinski definition) is 2. The lowest BCUT2D eigenvalue weighted by Crippen LogP contribution is -2.30. The van der Waals surface area contributed by atoms with Gasteiger partial charge in [0.2, 0.25) is 0 Å². The lowest BCUT2D eigenvalue weighted by atomic mass is 9.74. The Labute approximate surface area is 122 Å². The van der Waals surface area contributed by atoms with E-state index >= 15 is 0 Å². The van der Waals surface area contributed by atoms with Crippen molar-refractivity contribution >= 4 is 0 Å². The van der Waals surface area contributed by atoms with Crippen molar-refractivity contribution in [2.45, 2.75) is 57.2 Å². The van der Waals surface area contributed by atoms with Crippen molar-refractivity contribution in [3.63, 3.8) is 0 Å². The summed E-state index contributed by atoms with van der Waals surface area (Å²) in [5.41, 5.74) is 2.52. The average Bonchev–Trinajstić information content (AvgIpc) is 2.67. The smallest absolute Gasteiger partial charge is 0.0823 e. The highest BCUT2D eigenvalue weighted by Crippen LogP contribution is 2.43. The van der Waals surface area contributed by atoms with Crippen LogP contribution >= 0.6 is 0 Å². The SMILES string of the molecule is COC1CCCC(C2CCCc3ccccc3C2O)C1. The van der Waals surface area contributed by atoms with Gasteiger partial charge >= 0.3 is 0 Å². The number of aryl methyl sites for hydroxylation is 1. The maximum Gasteiger partial charge on any atom is 0.0823 e. The van der Waals surface area contributed by atoms with Crippen LogP contribution in [0.3, 0.4) is 0 Å². The van der Waals surface area contributed by atoms with Gasteiger partial charge in [-0.25, -0.2) is 0 Å². The zero-order valence-corrected chi connectivity index (χ0v) is 12.4. The van der Waals surface area contributed by atoms with E-state index in [9.17, 15) is 5.11 Å². The minimum atomic E-state index is -0.283. The van der Waals surface area contributed by atoms with Gasteiger partial charge in [0.05, 0.1) is 12.2 Å². The van der Waals surface area contributed by atoms with Crippen molar-refractivity contribution in [1.82, 2.24) is 0 Å². The van der Waals surface area contributed by atoms with Gasteiger partial charge in [0.1, 0.15) is 0 Å². The van der Waals surface area contributed by atoms with Gasteiger partial charge in [-0.15, -0.1) is 0 Å². The maximum absolute atomic E-state index is 10.9. The van der Waals surface area contributed by atoms with Gasteiger partial charge in [-0.1, -0.05) is 30.7 Å². The van der Waals surface area contributed by atoms with Crippen LogP contribution in [0.25, 0.3) is 0 Å². The summed E-state index contributed by atoms with van der Waals surface area (Å²) in [6, 6.07) is 8.45. The third-order valence-corrected chi connectivity index (χ3v) is 5.37. The van der Waals surface area contributed by atoms with Crippen LogP contribution < -0.4 is 0 Å². The highest BCUT2D eigenvalue weighted by molar-refractivity contribution is 5.30. The molecule has 110 valence electrons. The third-order valence-electron chi connectivity index (χ3n) is 5.37. The summed E-state index contributed by atoms with van der Waals surface area (Å²) in [5.74, 6) is 1.03. The first-order chi connectivity index (χ1) is 9.79. The third kappa shape index (κ3) is 2.77. The first-order valence-electron chi connectivity index (χ1n) is 8.08. The Balaban J connectivity index is 1.80. The molecule has 1 aromatic carbocycles. The molecule has 0 spiro atoms. The number of methoxy groups -OCH3 is 1. The molecule has 0 heterocycles. The molecule has 2 aliphatic rings. The quantitative estimate of drug-likeness (QED) is 0.829. The van der Waals surface area contributed by atoms with Crippen molar-refractivity contribution in [3.05, 3.63) is 35.4 Å². The Bertz CT molecular complexity index is 443. The van der Waals surface area contributed by atoms with Gasteiger partial charge in [-0.3, -0.25) is 0 Å². The molecule has 1 N–H and O–H groups in total. The predicted molar refractivity (Wildman–Crippen MR) is 80.6 cm³/mol. The van der Waals surface area contributed by atoms with E-state index in [-0.39, 0.29) is 6.10 Å². The molecule has 2 nitrogen and oxygen atoms in total. The zero-order valence-electron chi connectivity index (χ0n) is 12.4. The van der Waals surface area contributed by atoms with Gasteiger partial charge < -0.3 is 9.84 Å². The first-order valence-corrected chi connectivity index (χ1v) is 8.08. The van der Waals surface area contributed by atoms with Gasteiger partial charge in [-0.2, -0.15) is 0 Å². The largest absolute Gasteiger partial charge is 0.388 e. The van der Waals surface area contributed by atoms with E-state index in [1.54, 1.807) is 0 Å². The van der Waals surface area contributed by atoms with Crippen LogP contribution in [-0.4, -0.2) is 18.3 Å². The van der Waals surface area contributed by atoms with E-state index in [4.69, 9.17) is 4.74 Å². The van der Waals surface area contributed by atoms with Crippen molar-refractivity contribution in [2.24, 2.45) is 11.8 Å². The number of ether oxygens (including phenoxy) is 1. The highest BCUT2D eigenvalue weighted by Gasteiger charge is 2.35. The molecule has 1 saturated carbocycles. The zero-order chi connectivity index (χ0) is 13.9. The van der Waals surface area contributed by atoms with Gasteiger partial charge in [0, 0.05) is 7.11 Å². The predicted octanol–water partition coefficient (Wildman–Crippen LogP) is 3.88. The molecule has 1 fully saturated rings. The average molecular weight is 274 g/mol. The molecule has 0 bridgehead atoms. The van der Waals surface area contributed by atoms with Crippen molar-refractivity contribution in [1.29, 1.82) is 0 Å². The molecule has 2 aliphatic carbocycles. The second-order valence-electron chi connectivity index (χ2n) is 6.48. The fraction of sp³-hybridized carbons (Fsp3) is 0.667. The van der Waals surface area contributed by atoms with E-state index in [2.05, 4.69) is 24.3 Å². The fourth-order valence-corrected chi connectivity index (χ4v) is 4.24. The Kier molecular flexibility index (Phi) is 4.42. The first kappa shape index (κ1) is 14.1. The molecular formula is C18H26O2. The summed E-state index contributed by atoms with van der Waals surface area (Å²) in [6.07, 6.45) is 8.40.